The van der Waals surface area contributed by atoms with Gasteiger partial charge in [-0.15, -0.1) is 5.10 Å². The van der Waals surface area contributed by atoms with Gasteiger partial charge in [0.25, 0.3) is 0 Å². The Morgan fingerprint density at radius 1 is 1.38 bits per heavy atom. The zero-order valence-corrected chi connectivity index (χ0v) is 13.0. The van der Waals surface area contributed by atoms with Crippen LogP contribution in [0.5, 0.6) is 0 Å². The van der Waals surface area contributed by atoms with E-state index in [0.29, 0.717) is 5.25 Å². The Bertz CT molecular complexity index is 554. The lowest BCUT2D eigenvalue weighted by Crippen LogP contribution is -2.17. The van der Waals surface area contributed by atoms with Gasteiger partial charge in [0, 0.05) is 11.9 Å². The zero-order chi connectivity index (χ0) is 14.5. The molecule has 0 spiro atoms. The summed E-state index contributed by atoms with van der Waals surface area (Å²) in [7, 11) is 0. The van der Waals surface area contributed by atoms with Crippen LogP contribution in [0.15, 0.2) is 35.5 Å². The Kier molecular flexibility index (Phi) is 4.87. The predicted molar refractivity (Wildman–Crippen MR) is 82.1 cm³/mol. The van der Waals surface area contributed by atoms with Crippen molar-refractivity contribution in [3.8, 4) is 0 Å². The Morgan fingerprint density at radius 3 is 2.95 bits per heavy atom. The second-order valence-corrected chi connectivity index (χ2v) is 6.37. The molecule has 2 heterocycles. The molecule has 0 bridgehead atoms. The molecule has 1 fully saturated rings. The van der Waals surface area contributed by atoms with Crippen LogP contribution in [0.25, 0.3) is 0 Å². The maximum Gasteiger partial charge on any atom is 0.209 e. The minimum atomic E-state index is 0.254. The summed E-state index contributed by atoms with van der Waals surface area (Å²) < 4.78 is 7.55. The van der Waals surface area contributed by atoms with E-state index in [2.05, 4.69) is 46.7 Å². The zero-order valence-electron chi connectivity index (χ0n) is 12.2. The van der Waals surface area contributed by atoms with Crippen LogP contribution in [0, 0.1) is 0 Å². The van der Waals surface area contributed by atoms with E-state index < -0.39 is 0 Å². The Hall–Kier alpha value is -1.40. The standard InChI is InChI=1S/C15H20N4OS/c1-2-14(12-7-4-3-5-8-12)21-15-16-17-18-19(15)11-13-9-6-10-20-13/h3-5,7-8,13-14H,2,6,9-11H2,1H3/t13-,14+/m0/s1. The highest BCUT2D eigenvalue weighted by Gasteiger charge is 2.21. The van der Waals surface area contributed by atoms with Gasteiger partial charge in [-0.1, -0.05) is 49.0 Å². The van der Waals surface area contributed by atoms with Gasteiger partial charge in [0.2, 0.25) is 5.16 Å². The van der Waals surface area contributed by atoms with Crippen LogP contribution in [-0.2, 0) is 11.3 Å². The SMILES string of the molecule is CC[C@@H](Sc1nnnn1C[C@@H]1CCCO1)c1ccccc1. The van der Waals surface area contributed by atoms with Crippen LogP contribution in [-0.4, -0.2) is 32.9 Å². The Balaban J connectivity index is 1.70. The highest BCUT2D eigenvalue weighted by molar-refractivity contribution is 7.99. The fourth-order valence-corrected chi connectivity index (χ4v) is 3.59. The van der Waals surface area contributed by atoms with Crippen molar-refractivity contribution in [3.63, 3.8) is 0 Å². The second kappa shape index (κ2) is 7.04. The van der Waals surface area contributed by atoms with E-state index >= 15 is 0 Å². The molecular formula is C15H20N4OS. The molecule has 0 amide bonds. The lowest BCUT2D eigenvalue weighted by atomic mass is 10.1. The van der Waals surface area contributed by atoms with E-state index in [1.165, 1.54) is 5.56 Å². The third kappa shape index (κ3) is 3.63. The van der Waals surface area contributed by atoms with Crippen LogP contribution in [0.3, 0.4) is 0 Å². The molecule has 112 valence electrons. The number of ether oxygens (including phenoxy) is 1. The first-order valence-corrected chi connectivity index (χ1v) is 8.34. The molecule has 1 aromatic carbocycles. The van der Waals surface area contributed by atoms with Crippen LogP contribution in [0.4, 0.5) is 0 Å². The predicted octanol–water partition coefficient (Wildman–Crippen LogP) is 3.10. The van der Waals surface area contributed by atoms with Gasteiger partial charge in [0.15, 0.2) is 0 Å². The maximum atomic E-state index is 5.67. The molecule has 2 atom stereocenters. The van der Waals surface area contributed by atoms with E-state index in [9.17, 15) is 0 Å². The molecule has 1 aliphatic rings. The molecule has 1 saturated heterocycles. The molecule has 0 radical (unpaired) electrons. The minimum absolute atomic E-state index is 0.254. The first-order valence-electron chi connectivity index (χ1n) is 7.46. The highest BCUT2D eigenvalue weighted by Crippen LogP contribution is 2.36. The van der Waals surface area contributed by atoms with Crippen molar-refractivity contribution in [1.29, 1.82) is 0 Å². The van der Waals surface area contributed by atoms with E-state index in [0.717, 1.165) is 37.6 Å². The second-order valence-electron chi connectivity index (χ2n) is 5.20. The fraction of sp³-hybridized carbons (Fsp3) is 0.533. The van der Waals surface area contributed by atoms with E-state index in [1.807, 2.05) is 10.7 Å². The lowest BCUT2D eigenvalue weighted by Gasteiger charge is -2.15. The number of nitrogens with zero attached hydrogens (tertiary/aromatic N) is 4. The summed E-state index contributed by atoms with van der Waals surface area (Å²) in [6, 6.07) is 10.5. The first-order chi connectivity index (χ1) is 10.4. The molecule has 0 saturated carbocycles. The van der Waals surface area contributed by atoms with Gasteiger partial charge in [0.05, 0.1) is 12.6 Å². The van der Waals surface area contributed by atoms with Crippen molar-refractivity contribution in [2.75, 3.05) is 6.61 Å². The number of benzene rings is 1. The summed E-state index contributed by atoms with van der Waals surface area (Å²) in [5, 5.41) is 13.4. The molecule has 2 aromatic rings. The van der Waals surface area contributed by atoms with Crippen LogP contribution >= 0.6 is 11.8 Å². The molecule has 5 nitrogen and oxygen atoms in total. The molecule has 1 aromatic heterocycles. The highest BCUT2D eigenvalue weighted by atomic mass is 32.2. The van der Waals surface area contributed by atoms with Gasteiger partial charge in [-0.3, -0.25) is 0 Å². The summed E-state index contributed by atoms with van der Waals surface area (Å²) >= 11 is 1.73. The average Bonchev–Trinajstić information content (AvgIpc) is 3.18. The van der Waals surface area contributed by atoms with Gasteiger partial charge in [0.1, 0.15) is 0 Å². The van der Waals surface area contributed by atoms with E-state index in [-0.39, 0.29) is 6.10 Å². The molecular weight excluding hydrogens is 284 g/mol. The van der Waals surface area contributed by atoms with Crippen molar-refractivity contribution in [1.82, 2.24) is 20.2 Å². The third-order valence-corrected chi connectivity index (χ3v) is 5.08. The summed E-state index contributed by atoms with van der Waals surface area (Å²) in [4.78, 5) is 0. The molecule has 3 rings (SSSR count). The number of aromatic nitrogens is 4. The van der Waals surface area contributed by atoms with Gasteiger partial charge < -0.3 is 4.74 Å². The van der Waals surface area contributed by atoms with Crippen molar-refractivity contribution in [2.24, 2.45) is 0 Å². The quantitative estimate of drug-likeness (QED) is 0.768. The normalized spacial score (nSPS) is 19.8. The topological polar surface area (TPSA) is 52.8 Å². The molecule has 1 aliphatic heterocycles. The van der Waals surface area contributed by atoms with Gasteiger partial charge in [-0.2, -0.15) is 0 Å². The molecule has 6 heteroatoms. The van der Waals surface area contributed by atoms with Crippen molar-refractivity contribution in [3.05, 3.63) is 35.9 Å². The van der Waals surface area contributed by atoms with Gasteiger partial charge in [-0.05, 0) is 35.3 Å². The lowest BCUT2D eigenvalue weighted by molar-refractivity contribution is 0.0911. The molecule has 0 aliphatic carbocycles. The van der Waals surface area contributed by atoms with Crippen molar-refractivity contribution >= 4 is 11.8 Å². The summed E-state index contributed by atoms with van der Waals surface area (Å²) in [6.45, 7) is 3.80. The van der Waals surface area contributed by atoms with Crippen molar-refractivity contribution in [2.45, 2.75) is 49.2 Å². The van der Waals surface area contributed by atoms with Gasteiger partial charge >= 0.3 is 0 Å². The number of hydrogen-bond acceptors (Lipinski definition) is 5. The molecule has 0 unspecified atom stereocenters. The first kappa shape index (κ1) is 14.5. The average molecular weight is 304 g/mol. The number of hydrogen-bond donors (Lipinski definition) is 0. The summed E-state index contributed by atoms with van der Waals surface area (Å²) in [5.74, 6) is 0. The number of tetrazole rings is 1. The number of rotatable bonds is 6. The van der Waals surface area contributed by atoms with Crippen LogP contribution in [0.1, 0.15) is 37.0 Å². The smallest absolute Gasteiger partial charge is 0.209 e. The van der Waals surface area contributed by atoms with Crippen LogP contribution in [0.2, 0.25) is 0 Å². The third-order valence-electron chi connectivity index (χ3n) is 3.69. The van der Waals surface area contributed by atoms with E-state index in [1.54, 1.807) is 11.8 Å². The number of thioether (sulfide) groups is 1. The largest absolute Gasteiger partial charge is 0.376 e. The summed E-state index contributed by atoms with van der Waals surface area (Å²) in [5.41, 5.74) is 1.32. The Labute approximate surface area is 129 Å². The minimum Gasteiger partial charge on any atom is -0.376 e. The summed E-state index contributed by atoms with van der Waals surface area (Å²) in [6.07, 6.45) is 3.53. The van der Waals surface area contributed by atoms with Crippen molar-refractivity contribution < 1.29 is 4.74 Å². The Morgan fingerprint density at radius 2 is 2.24 bits per heavy atom. The fourth-order valence-electron chi connectivity index (χ4n) is 2.56. The van der Waals surface area contributed by atoms with Crippen LogP contribution < -0.4 is 0 Å². The molecule has 21 heavy (non-hydrogen) atoms. The van der Waals surface area contributed by atoms with E-state index in [4.69, 9.17) is 4.74 Å². The van der Waals surface area contributed by atoms with Gasteiger partial charge in [-0.25, -0.2) is 4.68 Å². The molecule has 0 N–H and O–H groups in total. The maximum absolute atomic E-state index is 5.67. The monoisotopic (exact) mass is 304 g/mol.